The van der Waals surface area contributed by atoms with Crippen molar-refractivity contribution in [2.75, 3.05) is 26.2 Å². The predicted octanol–water partition coefficient (Wildman–Crippen LogP) is 3.90. The van der Waals surface area contributed by atoms with E-state index in [1.54, 1.807) is 12.1 Å². The van der Waals surface area contributed by atoms with E-state index in [2.05, 4.69) is 28.0 Å². The van der Waals surface area contributed by atoms with Gasteiger partial charge in [-0.3, -0.25) is 9.35 Å². The molecule has 3 fully saturated rings. The van der Waals surface area contributed by atoms with Crippen molar-refractivity contribution >= 4 is 16.0 Å². The first-order chi connectivity index (χ1) is 15.8. The number of nitrogens with zero attached hydrogens (tertiary/aromatic N) is 2. The number of fused-ring (bicyclic) bond motifs is 3. The molecule has 7 heteroatoms. The number of hydrogen-bond acceptors (Lipinski definition) is 4. The van der Waals surface area contributed by atoms with Crippen LogP contribution in [0.1, 0.15) is 58.6 Å². The van der Waals surface area contributed by atoms with Crippen molar-refractivity contribution in [3.63, 3.8) is 0 Å². The molecule has 0 aromatic heterocycles. The molecule has 1 amide bonds. The Balaban J connectivity index is 0.000000177. The van der Waals surface area contributed by atoms with Gasteiger partial charge in [0.2, 0.25) is 0 Å². The van der Waals surface area contributed by atoms with Crippen LogP contribution in [0.5, 0.6) is 0 Å². The Morgan fingerprint density at radius 1 is 0.970 bits per heavy atom. The van der Waals surface area contributed by atoms with Gasteiger partial charge in [0.15, 0.2) is 0 Å². The van der Waals surface area contributed by atoms with E-state index < -0.39 is 10.1 Å². The fourth-order valence-electron chi connectivity index (χ4n) is 6.12. The highest BCUT2D eigenvalue weighted by Gasteiger charge is 2.43. The molecule has 5 aliphatic rings. The van der Waals surface area contributed by atoms with Gasteiger partial charge < -0.3 is 9.80 Å². The number of carbonyl (C=O) groups excluding carboxylic acids is 1. The molecule has 2 bridgehead atoms. The highest BCUT2D eigenvalue weighted by Crippen LogP contribution is 2.41. The first-order valence-corrected chi connectivity index (χ1v) is 13.4. The van der Waals surface area contributed by atoms with Gasteiger partial charge in [0.05, 0.1) is 4.90 Å². The van der Waals surface area contributed by atoms with Gasteiger partial charge in [-0.1, -0.05) is 29.8 Å². The molecule has 4 aliphatic heterocycles. The monoisotopic (exact) mass is 468 g/mol. The fraction of sp³-hybridized carbons (Fsp3) is 0.500. The van der Waals surface area contributed by atoms with Crippen molar-refractivity contribution in [3.05, 3.63) is 64.7 Å². The van der Waals surface area contributed by atoms with E-state index in [4.69, 9.17) is 4.55 Å². The van der Waals surface area contributed by atoms with Crippen molar-refractivity contribution in [3.8, 4) is 0 Å². The van der Waals surface area contributed by atoms with Crippen molar-refractivity contribution in [1.29, 1.82) is 0 Å². The van der Waals surface area contributed by atoms with E-state index in [0.717, 1.165) is 36.6 Å². The quantitative estimate of drug-likeness (QED) is 0.677. The number of hydrogen-bond donors (Lipinski definition) is 1. The molecule has 0 radical (unpaired) electrons. The zero-order valence-electron chi connectivity index (χ0n) is 19.1. The summed E-state index contributed by atoms with van der Waals surface area (Å²) in [6.07, 6.45) is 6.27. The summed E-state index contributed by atoms with van der Waals surface area (Å²) in [5.41, 5.74) is 4.81. The molecular weight excluding hydrogens is 436 g/mol. The molecule has 0 unspecified atom stereocenters. The molecule has 4 heterocycles. The molecule has 1 aliphatic carbocycles. The van der Waals surface area contributed by atoms with Gasteiger partial charge in [-0.2, -0.15) is 8.42 Å². The van der Waals surface area contributed by atoms with Crippen LogP contribution >= 0.6 is 0 Å². The van der Waals surface area contributed by atoms with Crippen LogP contribution in [-0.4, -0.2) is 60.9 Å². The molecule has 7 rings (SSSR count). The Kier molecular flexibility index (Phi) is 6.05. The smallest absolute Gasteiger partial charge is 0.294 e. The lowest BCUT2D eigenvalue weighted by Crippen LogP contribution is -2.60. The highest BCUT2D eigenvalue weighted by molar-refractivity contribution is 7.85. The molecule has 2 aromatic rings. The van der Waals surface area contributed by atoms with Gasteiger partial charge in [0.25, 0.3) is 16.0 Å². The minimum atomic E-state index is -4.02. The van der Waals surface area contributed by atoms with E-state index in [0.29, 0.717) is 17.9 Å². The lowest BCUT2D eigenvalue weighted by Gasteiger charge is -2.51. The SMILES string of the molecule is Cc1ccc(S(=O)(=O)O)cc1.O=C1c2cccc3c2[C@H](CCC3)CN1[C@@H]1CN2CCC1CC2. The van der Waals surface area contributed by atoms with E-state index in [-0.39, 0.29) is 4.90 Å². The summed E-state index contributed by atoms with van der Waals surface area (Å²) >= 11 is 0. The van der Waals surface area contributed by atoms with Crippen LogP contribution in [0, 0.1) is 12.8 Å². The third kappa shape index (κ3) is 4.46. The molecule has 3 saturated heterocycles. The van der Waals surface area contributed by atoms with Gasteiger partial charge in [0, 0.05) is 30.6 Å². The first kappa shape index (κ1) is 22.6. The number of amides is 1. The predicted molar refractivity (Wildman–Crippen MR) is 127 cm³/mol. The number of aryl methyl sites for hydroxylation is 2. The lowest BCUT2D eigenvalue weighted by atomic mass is 9.75. The Morgan fingerprint density at radius 3 is 2.33 bits per heavy atom. The van der Waals surface area contributed by atoms with E-state index in [9.17, 15) is 13.2 Å². The van der Waals surface area contributed by atoms with Crippen LogP contribution in [0.3, 0.4) is 0 Å². The zero-order chi connectivity index (χ0) is 23.2. The molecule has 2 atom stereocenters. The summed E-state index contributed by atoms with van der Waals surface area (Å²) in [7, 11) is -4.02. The van der Waals surface area contributed by atoms with Crippen molar-refractivity contribution in [1.82, 2.24) is 9.80 Å². The van der Waals surface area contributed by atoms with Crippen LogP contribution in [0.25, 0.3) is 0 Å². The molecule has 0 saturated carbocycles. The largest absolute Gasteiger partial charge is 0.333 e. The van der Waals surface area contributed by atoms with Crippen LogP contribution < -0.4 is 0 Å². The molecule has 6 nitrogen and oxygen atoms in total. The first-order valence-electron chi connectivity index (χ1n) is 12.0. The third-order valence-corrected chi connectivity index (χ3v) is 8.72. The van der Waals surface area contributed by atoms with Gasteiger partial charge >= 0.3 is 0 Å². The van der Waals surface area contributed by atoms with Crippen molar-refractivity contribution in [2.24, 2.45) is 5.92 Å². The Bertz CT molecular complexity index is 1140. The summed E-state index contributed by atoms with van der Waals surface area (Å²) in [6, 6.07) is 12.9. The third-order valence-electron chi connectivity index (χ3n) is 7.85. The van der Waals surface area contributed by atoms with Gasteiger partial charge in [-0.25, -0.2) is 0 Å². The number of benzene rings is 2. The molecule has 0 spiro atoms. The maximum Gasteiger partial charge on any atom is 0.294 e. The number of carbonyl (C=O) groups is 1. The summed E-state index contributed by atoms with van der Waals surface area (Å²) in [5, 5.41) is 0. The maximum absolute atomic E-state index is 13.1. The van der Waals surface area contributed by atoms with Crippen LogP contribution in [0.15, 0.2) is 47.4 Å². The average Bonchev–Trinajstić information content (AvgIpc) is 2.82. The van der Waals surface area contributed by atoms with Gasteiger partial charge in [-0.05, 0) is 87.4 Å². The van der Waals surface area contributed by atoms with Crippen molar-refractivity contribution < 1.29 is 17.8 Å². The normalized spacial score (nSPS) is 28.1. The standard InChI is InChI=1S/C19H24N2O.C7H8O3S/c22-19-16-6-2-4-14-3-1-5-15(18(14)16)11-21(19)17-12-20-9-7-13(17)8-10-20;1-6-2-4-7(5-3-6)11(8,9)10/h2,4,6,13,15,17H,1,3,5,7-12H2;2-5H,1H3,(H,8,9,10)/t15-,17-;/m1./s1. The summed E-state index contributed by atoms with van der Waals surface area (Å²) in [4.78, 5) is 17.9. The second kappa shape index (κ2) is 8.85. The second-order valence-electron chi connectivity index (χ2n) is 9.92. The topological polar surface area (TPSA) is 77.9 Å². The number of piperidine rings is 3. The second-order valence-corrected chi connectivity index (χ2v) is 11.3. The van der Waals surface area contributed by atoms with Gasteiger partial charge in [0.1, 0.15) is 0 Å². The zero-order valence-corrected chi connectivity index (χ0v) is 19.9. The molecular formula is C26H32N2O4S. The van der Waals surface area contributed by atoms with E-state index in [1.165, 1.54) is 62.0 Å². The fourth-order valence-corrected chi connectivity index (χ4v) is 6.60. The summed E-state index contributed by atoms with van der Waals surface area (Å²) < 4.78 is 29.6. The molecule has 2 aromatic carbocycles. The van der Waals surface area contributed by atoms with Gasteiger partial charge in [-0.15, -0.1) is 0 Å². The van der Waals surface area contributed by atoms with Crippen LogP contribution in [-0.2, 0) is 16.5 Å². The lowest BCUT2D eigenvalue weighted by molar-refractivity contribution is 0.00258. The minimum Gasteiger partial charge on any atom is -0.333 e. The molecule has 1 N–H and O–H groups in total. The Morgan fingerprint density at radius 2 is 1.70 bits per heavy atom. The average molecular weight is 469 g/mol. The van der Waals surface area contributed by atoms with Crippen LogP contribution in [0.4, 0.5) is 0 Å². The Hall–Kier alpha value is -2.22. The maximum atomic E-state index is 13.1. The summed E-state index contributed by atoms with van der Waals surface area (Å²) in [5.74, 6) is 1.64. The minimum absolute atomic E-state index is 0.0666. The summed E-state index contributed by atoms with van der Waals surface area (Å²) in [6.45, 7) is 6.41. The number of rotatable bonds is 2. The van der Waals surface area contributed by atoms with E-state index in [1.807, 2.05) is 6.92 Å². The van der Waals surface area contributed by atoms with E-state index >= 15 is 0 Å². The van der Waals surface area contributed by atoms with Crippen LogP contribution in [0.2, 0.25) is 0 Å². The highest BCUT2D eigenvalue weighted by atomic mass is 32.2. The Labute approximate surface area is 196 Å². The molecule has 33 heavy (non-hydrogen) atoms. The molecule has 176 valence electrons. The van der Waals surface area contributed by atoms with Crippen molar-refractivity contribution in [2.45, 2.75) is 55.9 Å².